The number of hydrogen-bond donors (Lipinski definition) is 2. The van der Waals surface area contributed by atoms with Crippen LogP contribution in [0.3, 0.4) is 0 Å². The van der Waals surface area contributed by atoms with Gasteiger partial charge in [0, 0.05) is 29.9 Å². The predicted octanol–water partition coefficient (Wildman–Crippen LogP) is 4.90. The number of piperidine rings is 1. The van der Waals surface area contributed by atoms with Crippen LogP contribution in [0.15, 0.2) is 42.6 Å². The Balaban J connectivity index is 1.56. The van der Waals surface area contributed by atoms with E-state index < -0.39 is 12.1 Å². The summed E-state index contributed by atoms with van der Waals surface area (Å²) in [4.78, 5) is 21.6. The van der Waals surface area contributed by atoms with Crippen molar-refractivity contribution in [2.24, 2.45) is 0 Å². The first-order chi connectivity index (χ1) is 14.6. The number of likely N-dealkylation sites (tertiary alicyclic amines) is 1. The number of carboxylic acids is 1. The zero-order valence-electron chi connectivity index (χ0n) is 16.8. The summed E-state index contributed by atoms with van der Waals surface area (Å²) in [6.45, 7) is 3.94. The molecule has 1 aliphatic rings. The molecule has 1 saturated heterocycles. The minimum atomic E-state index is -0.993. The second kappa shape index (κ2) is 9.60. The fraction of sp³-hybridized carbons (Fsp3) is 0.391. The van der Waals surface area contributed by atoms with E-state index in [1.807, 2.05) is 30.3 Å². The molecule has 1 aliphatic heterocycles. The van der Waals surface area contributed by atoms with Crippen molar-refractivity contribution in [3.8, 4) is 0 Å². The Labute approximate surface area is 180 Å². The van der Waals surface area contributed by atoms with E-state index in [1.165, 1.54) is 44.6 Å². The number of nitrogens with one attached hydrogen (secondary N) is 1. The summed E-state index contributed by atoms with van der Waals surface area (Å²) in [6.07, 6.45) is 5.89. The molecule has 1 aromatic carbocycles. The summed E-state index contributed by atoms with van der Waals surface area (Å²) in [7, 11) is 0. The Morgan fingerprint density at radius 2 is 2.03 bits per heavy atom. The summed E-state index contributed by atoms with van der Waals surface area (Å²) in [5.74, 6) is -0.993. The number of ether oxygens (including phenoxy) is 1. The minimum Gasteiger partial charge on any atom is -0.478 e. The molecule has 0 aliphatic carbocycles. The first kappa shape index (κ1) is 20.8. The van der Waals surface area contributed by atoms with E-state index in [0.717, 1.165) is 24.2 Å². The van der Waals surface area contributed by atoms with E-state index in [9.17, 15) is 9.90 Å². The lowest BCUT2D eigenvalue weighted by Gasteiger charge is -2.26. The lowest BCUT2D eigenvalue weighted by molar-refractivity contribution is 0.0677. The second-order valence-corrected chi connectivity index (χ2v) is 8.08. The third-order valence-electron chi connectivity index (χ3n) is 5.59. The number of hydrogen-bond acceptors (Lipinski definition) is 4. The maximum Gasteiger partial charge on any atom is 0.337 e. The van der Waals surface area contributed by atoms with Crippen molar-refractivity contribution in [1.29, 1.82) is 0 Å². The Kier molecular flexibility index (Phi) is 6.67. The summed E-state index contributed by atoms with van der Waals surface area (Å²) in [6, 6.07) is 10.9. The van der Waals surface area contributed by atoms with Gasteiger partial charge in [0.05, 0.1) is 22.3 Å². The van der Waals surface area contributed by atoms with Crippen LogP contribution < -0.4 is 0 Å². The van der Waals surface area contributed by atoms with E-state index in [2.05, 4.69) is 14.9 Å². The van der Waals surface area contributed by atoms with Crippen LogP contribution >= 0.6 is 11.6 Å². The number of aromatic carboxylic acids is 1. The maximum absolute atomic E-state index is 11.6. The van der Waals surface area contributed by atoms with Crippen LogP contribution in [0.1, 0.15) is 53.4 Å². The highest BCUT2D eigenvalue weighted by Gasteiger charge is 2.22. The van der Waals surface area contributed by atoms with E-state index >= 15 is 0 Å². The molecule has 7 heteroatoms. The minimum absolute atomic E-state index is 0.189. The maximum atomic E-state index is 11.6. The van der Waals surface area contributed by atoms with Gasteiger partial charge in [0.1, 0.15) is 6.10 Å². The number of rotatable bonds is 8. The average Bonchev–Trinajstić information content (AvgIpc) is 3.19. The van der Waals surface area contributed by atoms with Crippen molar-refractivity contribution in [2.45, 2.75) is 31.8 Å². The van der Waals surface area contributed by atoms with Gasteiger partial charge in [0.25, 0.3) is 0 Å². The third-order valence-corrected chi connectivity index (χ3v) is 5.94. The van der Waals surface area contributed by atoms with Gasteiger partial charge in [-0.3, -0.25) is 4.98 Å². The highest BCUT2D eigenvalue weighted by atomic mass is 35.5. The molecule has 0 radical (unpaired) electrons. The van der Waals surface area contributed by atoms with Crippen LogP contribution in [-0.2, 0) is 4.74 Å². The van der Waals surface area contributed by atoms with Gasteiger partial charge in [0.15, 0.2) is 0 Å². The summed E-state index contributed by atoms with van der Waals surface area (Å²) >= 11 is 6.47. The zero-order valence-corrected chi connectivity index (χ0v) is 17.6. The molecule has 0 spiro atoms. The first-order valence-corrected chi connectivity index (χ1v) is 10.8. The number of carboxylic acid groups (broad SMARTS) is 1. The molecular formula is C23H26ClN3O3. The molecule has 2 N–H and O–H groups in total. The summed E-state index contributed by atoms with van der Waals surface area (Å²) < 4.78 is 6.30. The SMILES string of the molecule is O=C(O)c1ccnc2cc(C(OCCCN3CCCCC3)c3ccccc3Cl)[nH]c12. The Bertz CT molecular complexity index is 1010. The average molecular weight is 428 g/mol. The Morgan fingerprint density at radius 1 is 1.23 bits per heavy atom. The molecule has 158 valence electrons. The van der Waals surface area contributed by atoms with E-state index in [4.69, 9.17) is 16.3 Å². The van der Waals surface area contributed by atoms with Crippen molar-refractivity contribution in [3.05, 3.63) is 64.4 Å². The number of fused-ring (bicyclic) bond motifs is 1. The lowest BCUT2D eigenvalue weighted by atomic mass is 10.1. The highest BCUT2D eigenvalue weighted by Crippen LogP contribution is 2.33. The van der Waals surface area contributed by atoms with Crippen LogP contribution in [0.25, 0.3) is 11.0 Å². The molecule has 1 fully saturated rings. The van der Waals surface area contributed by atoms with Crippen molar-refractivity contribution >= 4 is 28.6 Å². The molecule has 0 bridgehead atoms. The molecule has 0 amide bonds. The van der Waals surface area contributed by atoms with Crippen LogP contribution in [-0.4, -0.2) is 52.2 Å². The Morgan fingerprint density at radius 3 is 2.80 bits per heavy atom. The zero-order chi connectivity index (χ0) is 20.9. The van der Waals surface area contributed by atoms with E-state index in [0.29, 0.717) is 22.7 Å². The van der Waals surface area contributed by atoms with Gasteiger partial charge in [-0.2, -0.15) is 0 Å². The standard InChI is InChI=1S/C23H26ClN3O3/c24-18-8-3-2-7-16(18)22(30-14-6-13-27-11-4-1-5-12-27)20-15-19-21(26-20)17(23(28)29)9-10-25-19/h2-3,7-10,15,22,26H,1,4-6,11-14H2,(H,28,29). The lowest BCUT2D eigenvalue weighted by Crippen LogP contribution is -2.31. The van der Waals surface area contributed by atoms with Crippen LogP contribution in [0.2, 0.25) is 5.02 Å². The van der Waals surface area contributed by atoms with Crippen molar-refractivity contribution in [3.63, 3.8) is 0 Å². The molecule has 30 heavy (non-hydrogen) atoms. The van der Waals surface area contributed by atoms with Gasteiger partial charge in [-0.05, 0) is 50.6 Å². The largest absolute Gasteiger partial charge is 0.478 e. The molecular weight excluding hydrogens is 402 g/mol. The van der Waals surface area contributed by atoms with E-state index in [1.54, 1.807) is 0 Å². The van der Waals surface area contributed by atoms with Gasteiger partial charge in [0.2, 0.25) is 0 Å². The molecule has 1 atom stereocenters. The van der Waals surface area contributed by atoms with Crippen LogP contribution in [0, 0.1) is 0 Å². The number of benzene rings is 1. The number of H-pyrrole nitrogens is 1. The second-order valence-electron chi connectivity index (χ2n) is 7.68. The first-order valence-electron chi connectivity index (χ1n) is 10.4. The number of nitrogens with zero attached hydrogens (tertiary/aromatic N) is 2. The smallest absolute Gasteiger partial charge is 0.337 e. The predicted molar refractivity (Wildman–Crippen MR) is 117 cm³/mol. The van der Waals surface area contributed by atoms with Crippen molar-refractivity contribution in [2.75, 3.05) is 26.2 Å². The monoisotopic (exact) mass is 427 g/mol. The van der Waals surface area contributed by atoms with Gasteiger partial charge in [-0.25, -0.2) is 4.79 Å². The quantitative estimate of drug-likeness (QED) is 0.500. The normalized spacial score (nSPS) is 16.0. The fourth-order valence-corrected chi connectivity index (χ4v) is 4.31. The molecule has 3 aromatic rings. The van der Waals surface area contributed by atoms with Gasteiger partial charge in [-0.1, -0.05) is 36.2 Å². The van der Waals surface area contributed by atoms with Gasteiger partial charge >= 0.3 is 5.97 Å². The number of aromatic amines is 1. The topological polar surface area (TPSA) is 78.5 Å². The number of pyridine rings is 1. The summed E-state index contributed by atoms with van der Waals surface area (Å²) in [5.41, 5.74) is 2.87. The van der Waals surface area contributed by atoms with E-state index in [-0.39, 0.29) is 5.56 Å². The molecule has 0 saturated carbocycles. The molecule has 1 unspecified atom stereocenters. The van der Waals surface area contributed by atoms with Crippen LogP contribution in [0.5, 0.6) is 0 Å². The fourth-order valence-electron chi connectivity index (χ4n) is 4.07. The number of carbonyl (C=O) groups is 1. The molecule has 2 aromatic heterocycles. The highest BCUT2D eigenvalue weighted by molar-refractivity contribution is 6.31. The Hall–Kier alpha value is -2.41. The molecule has 4 rings (SSSR count). The van der Waals surface area contributed by atoms with Gasteiger partial charge in [-0.15, -0.1) is 0 Å². The number of aromatic nitrogens is 2. The molecule has 3 heterocycles. The van der Waals surface area contributed by atoms with Crippen LogP contribution in [0.4, 0.5) is 0 Å². The molecule has 6 nitrogen and oxygen atoms in total. The third kappa shape index (κ3) is 4.67. The van der Waals surface area contributed by atoms with Crippen molar-refractivity contribution < 1.29 is 14.6 Å². The van der Waals surface area contributed by atoms with Crippen molar-refractivity contribution in [1.82, 2.24) is 14.9 Å². The summed E-state index contributed by atoms with van der Waals surface area (Å²) in [5, 5.41) is 10.1. The number of halogens is 1. The van der Waals surface area contributed by atoms with Gasteiger partial charge < -0.3 is 19.7 Å².